The Labute approximate surface area is 119 Å². The van der Waals surface area contributed by atoms with E-state index in [-0.39, 0.29) is 18.2 Å². The molecule has 2 amide bonds. The maximum atomic E-state index is 12.4. The molecule has 1 saturated heterocycles. The number of nitrogens with one attached hydrogen (secondary N) is 1. The summed E-state index contributed by atoms with van der Waals surface area (Å²) in [6, 6.07) is 7.89. The second-order valence-corrected chi connectivity index (χ2v) is 5.44. The Bertz CT molecular complexity index is 492. The number of ether oxygens (including phenoxy) is 1. The summed E-state index contributed by atoms with van der Waals surface area (Å²) in [6.07, 6.45) is 3.48. The van der Waals surface area contributed by atoms with Gasteiger partial charge in [0.05, 0.1) is 18.8 Å². The highest BCUT2D eigenvalue weighted by Gasteiger charge is 2.38. The fourth-order valence-electron chi connectivity index (χ4n) is 3.15. The van der Waals surface area contributed by atoms with Crippen LogP contribution < -0.4 is 11.1 Å². The van der Waals surface area contributed by atoms with Crippen LogP contribution in [0.15, 0.2) is 24.3 Å². The summed E-state index contributed by atoms with van der Waals surface area (Å²) >= 11 is 0. The minimum absolute atomic E-state index is 0.0284. The molecule has 1 aromatic carbocycles. The summed E-state index contributed by atoms with van der Waals surface area (Å²) in [6.45, 7) is 1.78. The third-order valence-corrected chi connectivity index (χ3v) is 4.16. The molecule has 2 aliphatic rings. The van der Waals surface area contributed by atoms with Crippen molar-refractivity contribution < 1.29 is 9.53 Å². The Hall–Kier alpha value is -1.59. The fraction of sp³-hybridized carbons (Fsp3) is 0.533. The highest BCUT2D eigenvalue weighted by Crippen LogP contribution is 2.30. The van der Waals surface area contributed by atoms with Gasteiger partial charge in [-0.15, -0.1) is 0 Å². The minimum Gasteiger partial charge on any atom is -0.374 e. The molecule has 3 N–H and O–H groups in total. The average Bonchev–Trinajstić information content (AvgIpc) is 2.95. The number of morpholine rings is 1. The van der Waals surface area contributed by atoms with Gasteiger partial charge in [-0.2, -0.15) is 0 Å². The Morgan fingerprint density at radius 3 is 3.20 bits per heavy atom. The van der Waals surface area contributed by atoms with E-state index in [1.807, 2.05) is 29.2 Å². The van der Waals surface area contributed by atoms with Crippen molar-refractivity contribution in [2.24, 2.45) is 5.73 Å². The zero-order chi connectivity index (χ0) is 13.9. The molecule has 0 spiro atoms. The van der Waals surface area contributed by atoms with E-state index in [9.17, 15) is 4.79 Å². The van der Waals surface area contributed by atoms with Gasteiger partial charge in [0.2, 0.25) is 0 Å². The summed E-state index contributed by atoms with van der Waals surface area (Å²) < 4.78 is 5.73. The number of fused-ring (bicyclic) bond motifs is 1. The van der Waals surface area contributed by atoms with E-state index in [0.29, 0.717) is 19.7 Å². The van der Waals surface area contributed by atoms with E-state index in [1.165, 1.54) is 0 Å². The first kappa shape index (κ1) is 13.4. The number of hydrogen-bond acceptors (Lipinski definition) is 3. The summed E-state index contributed by atoms with van der Waals surface area (Å²) in [5, 5.41) is 2.97. The first-order chi connectivity index (χ1) is 9.78. The minimum atomic E-state index is -0.0284. The van der Waals surface area contributed by atoms with E-state index in [0.717, 1.165) is 30.5 Å². The number of rotatable bonds is 2. The topological polar surface area (TPSA) is 67.6 Å². The van der Waals surface area contributed by atoms with Gasteiger partial charge >= 0.3 is 6.03 Å². The van der Waals surface area contributed by atoms with Gasteiger partial charge in [-0.05, 0) is 37.0 Å². The molecule has 1 aliphatic carbocycles. The Morgan fingerprint density at radius 2 is 2.35 bits per heavy atom. The van der Waals surface area contributed by atoms with Crippen molar-refractivity contribution in [1.82, 2.24) is 4.90 Å². The van der Waals surface area contributed by atoms with Crippen molar-refractivity contribution in [3.05, 3.63) is 29.8 Å². The van der Waals surface area contributed by atoms with Crippen LogP contribution in [0.5, 0.6) is 0 Å². The Balaban J connectivity index is 1.68. The summed E-state index contributed by atoms with van der Waals surface area (Å²) in [5.41, 5.74) is 7.44. The average molecular weight is 275 g/mol. The van der Waals surface area contributed by atoms with E-state index in [1.54, 1.807) is 0 Å². The predicted molar refractivity (Wildman–Crippen MR) is 77.4 cm³/mol. The van der Waals surface area contributed by atoms with Gasteiger partial charge in [0.25, 0.3) is 0 Å². The van der Waals surface area contributed by atoms with Crippen LogP contribution in [0.3, 0.4) is 0 Å². The number of carbonyl (C=O) groups excluding carboxylic acids is 1. The molecule has 0 radical (unpaired) electrons. The van der Waals surface area contributed by atoms with Crippen LogP contribution in [0.1, 0.15) is 24.8 Å². The monoisotopic (exact) mass is 275 g/mol. The molecular weight excluding hydrogens is 254 g/mol. The van der Waals surface area contributed by atoms with Crippen molar-refractivity contribution in [2.45, 2.75) is 38.0 Å². The molecule has 2 atom stereocenters. The van der Waals surface area contributed by atoms with Gasteiger partial charge in [-0.1, -0.05) is 12.1 Å². The second-order valence-electron chi connectivity index (χ2n) is 5.44. The lowest BCUT2D eigenvalue weighted by atomic mass is 10.1. The predicted octanol–water partition coefficient (Wildman–Crippen LogP) is 1.93. The summed E-state index contributed by atoms with van der Waals surface area (Å²) in [5.74, 6) is 0. The molecule has 2 fully saturated rings. The smallest absolute Gasteiger partial charge is 0.322 e. The van der Waals surface area contributed by atoms with Crippen LogP contribution in [0.4, 0.5) is 10.5 Å². The number of nitrogens with zero attached hydrogens (tertiary/aromatic N) is 1. The van der Waals surface area contributed by atoms with Gasteiger partial charge in [0.1, 0.15) is 0 Å². The molecule has 0 aromatic heterocycles. The van der Waals surface area contributed by atoms with Gasteiger partial charge in [-0.3, -0.25) is 0 Å². The van der Waals surface area contributed by atoms with Crippen molar-refractivity contribution in [1.29, 1.82) is 0 Å². The molecule has 1 saturated carbocycles. The van der Waals surface area contributed by atoms with Crippen molar-refractivity contribution in [2.75, 3.05) is 18.5 Å². The molecule has 3 rings (SSSR count). The lowest BCUT2D eigenvalue weighted by molar-refractivity contribution is -0.0362. The second kappa shape index (κ2) is 5.81. The summed E-state index contributed by atoms with van der Waals surface area (Å²) in [4.78, 5) is 14.4. The standard InChI is InChI=1S/C15H21N3O2/c16-10-11-3-1-4-12(9-11)17-15(19)18-7-8-20-14-6-2-5-13(14)18/h1,3-4,9,13-14H,2,5-8,10,16H2,(H,17,19). The highest BCUT2D eigenvalue weighted by molar-refractivity contribution is 5.89. The number of anilines is 1. The maximum absolute atomic E-state index is 12.4. The molecule has 5 nitrogen and oxygen atoms in total. The van der Waals surface area contributed by atoms with E-state index < -0.39 is 0 Å². The molecule has 0 bridgehead atoms. The molecule has 1 aromatic rings. The molecule has 108 valence electrons. The van der Waals surface area contributed by atoms with Crippen molar-refractivity contribution in [3.8, 4) is 0 Å². The third-order valence-electron chi connectivity index (χ3n) is 4.16. The highest BCUT2D eigenvalue weighted by atomic mass is 16.5. The molecule has 5 heteroatoms. The normalized spacial score (nSPS) is 25.4. The molecule has 1 heterocycles. The lowest BCUT2D eigenvalue weighted by Gasteiger charge is -2.37. The zero-order valence-corrected chi connectivity index (χ0v) is 11.5. The van der Waals surface area contributed by atoms with Crippen LogP contribution in [0, 0.1) is 0 Å². The molecule has 1 aliphatic heterocycles. The van der Waals surface area contributed by atoms with Crippen LogP contribution in [0.25, 0.3) is 0 Å². The van der Waals surface area contributed by atoms with Gasteiger partial charge in [-0.25, -0.2) is 4.79 Å². The first-order valence-corrected chi connectivity index (χ1v) is 7.26. The van der Waals surface area contributed by atoms with Crippen molar-refractivity contribution >= 4 is 11.7 Å². The Morgan fingerprint density at radius 1 is 1.45 bits per heavy atom. The zero-order valence-electron chi connectivity index (χ0n) is 11.5. The fourth-order valence-corrected chi connectivity index (χ4v) is 3.15. The SMILES string of the molecule is NCc1cccc(NC(=O)N2CCOC3CCCC32)c1. The number of hydrogen-bond donors (Lipinski definition) is 2. The number of amides is 2. The van der Waals surface area contributed by atoms with Crippen LogP contribution in [-0.4, -0.2) is 36.2 Å². The Kier molecular flexibility index (Phi) is 3.89. The third kappa shape index (κ3) is 2.64. The summed E-state index contributed by atoms with van der Waals surface area (Å²) in [7, 11) is 0. The largest absolute Gasteiger partial charge is 0.374 e. The van der Waals surface area contributed by atoms with Gasteiger partial charge in [0.15, 0.2) is 0 Å². The van der Waals surface area contributed by atoms with E-state index in [4.69, 9.17) is 10.5 Å². The van der Waals surface area contributed by atoms with Crippen LogP contribution in [0.2, 0.25) is 0 Å². The first-order valence-electron chi connectivity index (χ1n) is 7.26. The van der Waals surface area contributed by atoms with Gasteiger partial charge < -0.3 is 20.7 Å². The molecule has 2 unspecified atom stereocenters. The van der Waals surface area contributed by atoms with Crippen LogP contribution in [-0.2, 0) is 11.3 Å². The maximum Gasteiger partial charge on any atom is 0.322 e. The van der Waals surface area contributed by atoms with Crippen molar-refractivity contribution in [3.63, 3.8) is 0 Å². The number of benzene rings is 1. The lowest BCUT2D eigenvalue weighted by Crippen LogP contribution is -2.52. The van der Waals surface area contributed by atoms with Gasteiger partial charge in [0, 0.05) is 18.8 Å². The van der Waals surface area contributed by atoms with Crippen LogP contribution >= 0.6 is 0 Å². The van der Waals surface area contributed by atoms with E-state index in [2.05, 4.69) is 5.32 Å². The number of urea groups is 1. The number of nitrogens with two attached hydrogens (primary N) is 1. The number of carbonyl (C=O) groups is 1. The quantitative estimate of drug-likeness (QED) is 0.866. The van der Waals surface area contributed by atoms with E-state index >= 15 is 0 Å². The molecule has 20 heavy (non-hydrogen) atoms. The molecular formula is C15H21N3O2.